The van der Waals surface area contributed by atoms with E-state index in [0.717, 1.165) is 32.4 Å². The zero-order valence-electron chi connectivity index (χ0n) is 10.7. The lowest BCUT2D eigenvalue weighted by molar-refractivity contribution is -0.130. The van der Waals surface area contributed by atoms with Gasteiger partial charge in [0.05, 0.1) is 11.4 Å². The monoisotopic (exact) mass is 282 g/mol. The van der Waals surface area contributed by atoms with Crippen LogP contribution in [0.1, 0.15) is 19.3 Å². The molecule has 1 aliphatic heterocycles. The fraction of sp³-hybridized carbons (Fsp3) is 0.462. The van der Waals surface area contributed by atoms with Gasteiger partial charge in [0, 0.05) is 13.1 Å². The summed E-state index contributed by atoms with van der Waals surface area (Å²) in [5, 5.41) is 0. The van der Waals surface area contributed by atoms with Gasteiger partial charge in [-0.3, -0.25) is 4.79 Å². The summed E-state index contributed by atoms with van der Waals surface area (Å²) in [5.41, 5.74) is 0. The van der Waals surface area contributed by atoms with Crippen LogP contribution in [0.4, 0.5) is 0 Å². The van der Waals surface area contributed by atoms with Crippen LogP contribution in [-0.2, 0) is 14.8 Å². The Balaban J connectivity index is 1.93. The molecule has 0 aliphatic carbocycles. The summed E-state index contributed by atoms with van der Waals surface area (Å²) >= 11 is 0. The average molecular weight is 282 g/mol. The van der Waals surface area contributed by atoms with Crippen molar-refractivity contribution in [2.45, 2.75) is 24.2 Å². The van der Waals surface area contributed by atoms with Crippen LogP contribution in [0.5, 0.6) is 0 Å². The van der Waals surface area contributed by atoms with Crippen molar-refractivity contribution in [3.8, 4) is 0 Å². The van der Waals surface area contributed by atoms with E-state index in [-0.39, 0.29) is 17.3 Å². The Morgan fingerprint density at radius 3 is 2.37 bits per heavy atom. The van der Waals surface area contributed by atoms with Gasteiger partial charge in [-0.15, -0.1) is 0 Å². The lowest BCUT2D eigenvalue weighted by atomic mass is 10.1. The van der Waals surface area contributed by atoms with Gasteiger partial charge in [-0.05, 0) is 31.4 Å². The number of rotatable bonds is 4. The van der Waals surface area contributed by atoms with Crippen molar-refractivity contribution in [3.63, 3.8) is 0 Å². The average Bonchev–Trinajstić information content (AvgIpc) is 2.47. The fourth-order valence-electron chi connectivity index (χ4n) is 2.09. The van der Waals surface area contributed by atoms with E-state index in [1.165, 1.54) is 12.1 Å². The smallest absolute Gasteiger partial charge is 0.241 e. The summed E-state index contributed by atoms with van der Waals surface area (Å²) in [4.78, 5) is 13.8. The van der Waals surface area contributed by atoms with Crippen molar-refractivity contribution in [2.24, 2.45) is 0 Å². The van der Waals surface area contributed by atoms with Crippen LogP contribution in [0.25, 0.3) is 0 Å². The number of piperidine rings is 1. The number of benzene rings is 1. The summed E-state index contributed by atoms with van der Waals surface area (Å²) in [7, 11) is -3.59. The van der Waals surface area contributed by atoms with Crippen LogP contribution in [-0.4, -0.2) is 38.9 Å². The molecule has 1 fully saturated rings. The molecule has 1 N–H and O–H groups in total. The molecule has 0 bridgehead atoms. The SMILES string of the molecule is O=C(CNS(=O)(=O)c1ccccc1)N1CCCCC1. The molecular formula is C13H18N2O3S. The second-order valence-electron chi connectivity index (χ2n) is 4.58. The Bertz CT molecular complexity index is 522. The summed E-state index contributed by atoms with van der Waals surface area (Å²) in [5.74, 6) is -0.154. The highest BCUT2D eigenvalue weighted by molar-refractivity contribution is 7.89. The van der Waals surface area contributed by atoms with Crippen LogP contribution in [0.15, 0.2) is 35.2 Å². The molecule has 0 radical (unpaired) electrons. The fourth-order valence-corrected chi connectivity index (χ4v) is 3.09. The van der Waals surface area contributed by atoms with Gasteiger partial charge in [0.15, 0.2) is 0 Å². The minimum Gasteiger partial charge on any atom is -0.342 e. The van der Waals surface area contributed by atoms with E-state index in [4.69, 9.17) is 0 Å². The number of sulfonamides is 1. The van der Waals surface area contributed by atoms with Crippen LogP contribution in [0.3, 0.4) is 0 Å². The Hall–Kier alpha value is -1.40. The first-order valence-corrected chi connectivity index (χ1v) is 7.90. The second kappa shape index (κ2) is 6.16. The van der Waals surface area contributed by atoms with Crippen molar-refractivity contribution in [2.75, 3.05) is 19.6 Å². The van der Waals surface area contributed by atoms with E-state index in [0.29, 0.717) is 0 Å². The highest BCUT2D eigenvalue weighted by Crippen LogP contribution is 2.09. The maximum Gasteiger partial charge on any atom is 0.241 e. The van der Waals surface area contributed by atoms with Crippen molar-refractivity contribution in [1.82, 2.24) is 9.62 Å². The minimum absolute atomic E-state index is 0.154. The molecule has 2 rings (SSSR count). The summed E-state index contributed by atoms with van der Waals surface area (Å²) < 4.78 is 26.2. The number of hydrogen-bond donors (Lipinski definition) is 1. The normalized spacial score (nSPS) is 16.3. The molecule has 1 saturated heterocycles. The molecule has 104 valence electrons. The lowest BCUT2D eigenvalue weighted by Crippen LogP contribution is -2.42. The van der Waals surface area contributed by atoms with Gasteiger partial charge >= 0.3 is 0 Å². The van der Waals surface area contributed by atoms with Gasteiger partial charge in [0.1, 0.15) is 0 Å². The molecule has 6 heteroatoms. The zero-order chi connectivity index (χ0) is 13.7. The molecule has 0 aromatic heterocycles. The lowest BCUT2D eigenvalue weighted by Gasteiger charge is -2.26. The minimum atomic E-state index is -3.59. The highest BCUT2D eigenvalue weighted by atomic mass is 32.2. The van der Waals surface area contributed by atoms with Gasteiger partial charge in [0.25, 0.3) is 0 Å². The molecule has 5 nitrogen and oxygen atoms in total. The van der Waals surface area contributed by atoms with Crippen LogP contribution < -0.4 is 4.72 Å². The van der Waals surface area contributed by atoms with Gasteiger partial charge in [0.2, 0.25) is 15.9 Å². The summed E-state index contributed by atoms with van der Waals surface area (Å²) in [6.07, 6.45) is 3.13. The molecule has 19 heavy (non-hydrogen) atoms. The quantitative estimate of drug-likeness (QED) is 0.895. The predicted octanol–water partition coefficient (Wildman–Crippen LogP) is 0.977. The maximum absolute atomic E-state index is 11.9. The Morgan fingerprint density at radius 2 is 1.74 bits per heavy atom. The maximum atomic E-state index is 11.9. The molecule has 1 amide bonds. The molecule has 0 spiro atoms. The highest BCUT2D eigenvalue weighted by Gasteiger charge is 2.19. The summed E-state index contributed by atoms with van der Waals surface area (Å²) in [6.45, 7) is 1.29. The first-order chi connectivity index (χ1) is 9.09. The first kappa shape index (κ1) is 14.0. The van der Waals surface area contributed by atoms with E-state index < -0.39 is 10.0 Å². The van der Waals surface area contributed by atoms with Crippen LogP contribution in [0.2, 0.25) is 0 Å². The Morgan fingerprint density at radius 1 is 1.11 bits per heavy atom. The molecule has 1 aromatic carbocycles. The zero-order valence-corrected chi connectivity index (χ0v) is 11.5. The topological polar surface area (TPSA) is 66.5 Å². The second-order valence-corrected chi connectivity index (χ2v) is 6.35. The summed E-state index contributed by atoms with van der Waals surface area (Å²) in [6, 6.07) is 8.07. The van der Waals surface area contributed by atoms with Gasteiger partial charge < -0.3 is 4.90 Å². The van der Waals surface area contributed by atoms with Crippen molar-refractivity contribution < 1.29 is 13.2 Å². The molecule has 1 aliphatic rings. The molecule has 1 heterocycles. The molecule has 0 unspecified atom stereocenters. The van der Waals surface area contributed by atoms with Crippen molar-refractivity contribution in [3.05, 3.63) is 30.3 Å². The molecule has 0 atom stereocenters. The molecule has 1 aromatic rings. The first-order valence-electron chi connectivity index (χ1n) is 6.42. The van der Waals surface area contributed by atoms with E-state index in [1.807, 2.05) is 0 Å². The third-order valence-corrected chi connectivity index (χ3v) is 4.59. The molecular weight excluding hydrogens is 264 g/mol. The number of nitrogens with zero attached hydrogens (tertiary/aromatic N) is 1. The van der Waals surface area contributed by atoms with E-state index in [9.17, 15) is 13.2 Å². The number of amides is 1. The van der Waals surface area contributed by atoms with Gasteiger partial charge in [-0.2, -0.15) is 0 Å². The Kier molecular flexibility index (Phi) is 4.55. The third kappa shape index (κ3) is 3.78. The van der Waals surface area contributed by atoms with E-state index >= 15 is 0 Å². The number of likely N-dealkylation sites (tertiary alicyclic amines) is 1. The standard InChI is InChI=1S/C13H18N2O3S/c16-13(15-9-5-2-6-10-15)11-14-19(17,18)12-7-3-1-4-8-12/h1,3-4,7-8,14H,2,5-6,9-11H2. The van der Waals surface area contributed by atoms with E-state index in [2.05, 4.69) is 4.72 Å². The van der Waals surface area contributed by atoms with E-state index in [1.54, 1.807) is 23.1 Å². The number of nitrogens with one attached hydrogen (secondary N) is 1. The Labute approximate surface area is 113 Å². The van der Waals surface area contributed by atoms with Crippen molar-refractivity contribution in [1.29, 1.82) is 0 Å². The largest absolute Gasteiger partial charge is 0.342 e. The number of carbonyl (C=O) groups excluding carboxylic acids is 1. The van der Waals surface area contributed by atoms with Crippen molar-refractivity contribution >= 4 is 15.9 Å². The van der Waals surface area contributed by atoms with Crippen LogP contribution in [0, 0.1) is 0 Å². The molecule has 0 saturated carbocycles. The third-order valence-electron chi connectivity index (χ3n) is 3.18. The number of hydrogen-bond acceptors (Lipinski definition) is 3. The van der Waals surface area contributed by atoms with Crippen LogP contribution >= 0.6 is 0 Å². The number of carbonyl (C=O) groups is 1. The van der Waals surface area contributed by atoms with Gasteiger partial charge in [-0.1, -0.05) is 18.2 Å². The predicted molar refractivity (Wildman–Crippen MR) is 72.1 cm³/mol. The van der Waals surface area contributed by atoms with Gasteiger partial charge in [-0.25, -0.2) is 13.1 Å².